The smallest absolute Gasteiger partial charge is 0.282 e. The van der Waals surface area contributed by atoms with Gasteiger partial charge in [0.1, 0.15) is 0 Å². The standard InChI is InChI=1S/C9H10ClO4S/c10-9-6-8(15(12,13)14)4-3-7(9)2-1-5-11/h3-4,6H,1-2,5H2,(H,12,13,14). The Morgan fingerprint density at radius 2 is 2.00 bits per heavy atom. The quantitative estimate of drug-likeness (QED) is 0.829. The minimum absolute atomic E-state index is 0.198. The van der Waals surface area contributed by atoms with Crippen LogP contribution in [0.3, 0.4) is 0 Å². The summed E-state index contributed by atoms with van der Waals surface area (Å²) in [6.45, 7) is -0.198. The summed E-state index contributed by atoms with van der Waals surface area (Å²) in [4.78, 5) is -0.238. The monoisotopic (exact) mass is 249 g/mol. The molecule has 0 aliphatic carbocycles. The van der Waals surface area contributed by atoms with Crippen molar-refractivity contribution in [3.05, 3.63) is 28.8 Å². The maximum absolute atomic E-state index is 10.8. The second-order valence-electron chi connectivity index (χ2n) is 3.04. The van der Waals surface area contributed by atoms with E-state index in [1.165, 1.54) is 18.2 Å². The first-order valence-corrected chi connectivity index (χ1v) is 6.11. The lowest BCUT2D eigenvalue weighted by Crippen LogP contribution is -1.99. The number of hydrogen-bond donors (Lipinski definition) is 1. The summed E-state index contributed by atoms with van der Waals surface area (Å²) in [6.07, 6.45) is 0.957. The largest absolute Gasteiger partial charge is 0.294 e. The van der Waals surface area contributed by atoms with Crippen molar-refractivity contribution in [2.45, 2.75) is 17.7 Å². The zero-order chi connectivity index (χ0) is 11.5. The SMILES string of the molecule is [O]CCCc1ccc(S(=O)(=O)O)cc1Cl. The molecule has 83 valence electrons. The fourth-order valence-electron chi connectivity index (χ4n) is 1.15. The number of benzene rings is 1. The van der Waals surface area contributed by atoms with Gasteiger partial charge in [0.15, 0.2) is 0 Å². The molecule has 0 aromatic heterocycles. The molecule has 4 nitrogen and oxygen atoms in total. The van der Waals surface area contributed by atoms with Crippen molar-refractivity contribution < 1.29 is 18.1 Å². The molecular weight excluding hydrogens is 240 g/mol. The predicted octanol–water partition coefficient (Wildman–Crippen LogP) is 1.95. The first-order valence-electron chi connectivity index (χ1n) is 4.29. The predicted molar refractivity (Wildman–Crippen MR) is 55.1 cm³/mol. The molecule has 1 aromatic rings. The highest BCUT2D eigenvalue weighted by Gasteiger charge is 2.11. The summed E-state index contributed by atoms with van der Waals surface area (Å²) >= 11 is 5.79. The molecule has 0 spiro atoms. The van der Waals surface area contributed by atoms with Crippen molar-refractivity contribution in [1.82, 2.24) is 0 Å². The van der Waals surface area contributed by atoms with Gasteiger partial charge in [-0.1, -0.05) is 17.7 Å². The molecule has 0 amide bonds. The maximum atomic E-state index is 10.8. The van der Waals surface area contributed by atoms with Crippen molar-refractivity contribution in [1.29, 1.82) is 0 Å². The highest BCUT2D eigenvalue weighted by molar-refractivity contribution is 7.85. The van der Waals surface area contributed by atoms with Gasteiger partial charge >= 0.3 is 0 Å². The third-order valence-electron chi connectivity index (χ3n) is 1.91. The van der Waals surface area contributed by atoms with Crippen molar-refractivity contribution in [3.63, 3.8) is 0 Å². The van der Waals surface area contributed by atoms with Crippen LogP contribution in [0.15, 0.2) is 23.1 Å². The van der Waals surface area contributed by atoms with E-state index < -0.39 is 10.1 Å². The van der Waals surface area contributed by atoms with E-state index in [0.29, 0.717) is 18.4 Å². The maximum Gasteiger partial charge on any atom is 0.294 e. The zero-order valence-corrected chi connectivity index (χ0v) is 9.38. The second kappa shape index (κ2) is 4.94. The molecule has 0 saturated carbocycles. The average Bonchev–Trinajstić information content (AvgIpc) is 2.14. The Morgan fingerprint density at radius 1 is 1.33 bits per heavy atom. The van der Waals surface area contributed by atoms with Gasteiger partial charge in [0.2, 0.25) is 0 Å². The molecule has 1 radical (unpaired) electrons. The van der Waals surface area contributed by atoms with Gasteiger partial charge in [0.05, 0.1) is 11.5 Å². The van der Waals surface area contributed by atoms with E-state index in [2.05, 4.69) is 0 Å². The van der Waals surface area contributed by atoms with Gasteiger partial charge < -0.3 is 0 Å². The highest BCUT2D eigenvalue weighted by atomic mass is 35.5. The minimum atomic E-state index is -4.21. The average molecular weight is 250 g/mol. The summed E-state index contributed by atoms with van der Waals surface area (Å²) in [7, 11) is -4.21. The van der Waals surface area contributed by atoms with Crippen LogP contribution in [0.25, 0.3) is 0 Å². The molecule has 0 saturated heterocycles. The number of rotatable bonds is 4. The summed E-state index contributed by atoms with van der Waals surface area (Å²) in [6, 6.07) is 3.94. The summed E-state index contributed by atoms with van der Waals surface area (Å²) in [5.74, 6) is 0. The van der Waals surface area contributed by atoms with Crippen molar-refractivity contribution in [2.75, 3.05) is 6.61 Å². The lowest BCUT2D eigenvalue weighted by molar-refractivity contribution is 0.189. The molecule has 0 atom stereocenters. The van der Waals surface area contributed by atoms with E-state index in [1.807, 2.05) is 0 Å². The number of halogens is 1. The zero-order valence-electron chi connectivity index (χ0n) is 7.81. The van der Waals surface area contributed by atoms with Gasteiger partial charge in [-0.2, -0.15) is 8.42 Å². The highest BCUT2D eigenvalue weighted by Crippen LogP contribution is 2.21. The van der Waals surface area contributed by atoms with Gasteiger partial charge in [-0.25, -0.2) is 5.11 Å². The van der Waals surface area contributed by atoms with E-state index in [-0.39, 0.29) is 16.5 Å². The van der Waals surface area contributed by atoms with Crippen molar-refractivity contribution in [3.8, 4) is 0 Å². The van der Waals surface area contributed by atoms with Crippen LogP contribution in [0.5, 0.6) is 0 Å². The molecule has 0 fully saturated rings. The van der Waals surface area contributed by atoms with E-state index in [1.54, 1.807) is 0 Å². The Morgan fingerprint density at radius 3 is 2.47 bits per heavy atom. The Balaban J connectivity index is 2.99. The lowest BCUT2D eigenvalue weighted by atomic mass is 10.1. The van der Waals surface area contributed by atoms with Gasteiger partial charge in [-0.3, -0.25) is 4.55 Å². The molecule has 6 heteroatoms. The molecule has 0 heterocycles. The molecule has 1 rings (SSSR count). The Kier molecular flexibility index (Phi) is 4.10. The number of aryl methyl sites for hydroxylation is 1. The van der Waals surface area contributed by atoms with Crippen molar-refractivity contribution in [2.24, 2.45) is 0 Å². The van der Waals surface area contributed by atoms with Crippen LogP contribution in [-0.2, 0) is 21.6 Å². The molecule has 0 unspecified atom stereocenters. The molecule has 0 aliphatic rings. The molecule has 1 N–H and O–H groups in total. The third kappa shape index (κ3) is 3.46. The Hall–Kier alpha value is -0.620. The second-order valence-corrected chi connectivity index (χ2v) is 4.86. The van der Waals surface area contributed by atoms with E-state index >= 15 is 0 Å². The lowest BCUT2D eigenvalue weighted by Gasteiger charge is -2.04. The molecule has 15 heavy (non-hydrogen) atoms. The normalized spacial score (nSPS) is 11.7. The first-order chi connectivity index (χ1) is 6.95. The topological polar surface area (TPSA) is 74.3 Å². The summed E-state index contributed by atoms with van der Waals surface area (Å²) in [5.41, 5.74) is 0.708. The van der Waals surface area contributed by atoms with Crippen LogP contribution >= 0.6 is 11.6 Å². The number of hydrogen-bond acceptors (Lipinski definition) is 2. The summed E-state index contributed by atoms with van der Waals surface area (Å²) < 4.78 is 30.3. The van der Waals surface area contributed by atoms with Crippen LogP contribution < -0.4 is 0 Å². The van der Waals surface area contributed by atoms with Crippen LogP contribution in [0.4, 0.5) is 0 Å². The Labute approximate surface area is 93.3 Å². The van der Waals surface area contributed by atoms with Crippen LogP contribution in [-0.4, -0.2) is 19.6 Å². The van der Waals surface area contributed by atoms with Gasteiger partial charge in [0.25, 0.3) is 10.1 Å². The fraction of sp³-hybridized carbons (Fsp3) is 0.333. The first kappa shape index (κ1) is 12.4. The van der Waals surface area contributed by atoms with E-state index in [9.17, 15) is 13.5 Å². The van der Waals surface area contributed by atoms with Crippen LogP contribution in [0.1, 0.15) is 12.0 Å². The van der Waals surface area contributed by atoms with E-state index in [0.717, 1.165) is 0 Å². The fourth-order valence-corrected chi connectivity index (χ4v) is 2.00. The van der Waals surface area contributed by atoms with E-state index in [4.69, 9.17) is 16.2 Å². The molecule has 0 bridgehead atoms. The molecule has 1 aromatic carbocycles. The van der Waals surface area contributed by atoms with Crippen LogP contribution in [0.2, 0.25) is 5.02 Å². The summed E-state index contributed by atoms with van der Waals surface area (Å²) in [5, 5.41) is 10.5. The van der Waals surface area contributed by atoms with Gasteiger partial charge in [-0.05, 0) is 30.5 Å². The van der Waals surface area contributed by atoms with Crippen LogP contribution in [0, 0.1) is 0 Å². The van der Waals surface area contributed by atoms with Crippen molar-refractivity contribution >= 4 is 21.7 Å². The molecule has 0 aliphatic heterocycles. The third-order valence-corrected chi connectivity index (χ3v) is 3.11. The Bertz CT molecular complexity index is 441. The van der Waals surface area contributed by atoms with Gasteiger partial charge in [0, 0.05) is 5.02 Å². The molecular formula is C9H10ClO4S. The van der Waals surface area contributed by atoms with Gasteiger partial charge in [-0.15, -0.1) is 0 Å². The minimum Gasteiger partial charge on any atom is -0.282 e.